The first kappa shape index (κ1) is 19.8. The van der Waals surface area contributed by atoms with Gasteiger partial charge >= 0.3 is 5.97 Å². The van der Waals surface area contributed by atoms with Gasteiger partial charge < -0.3 is 20.9 Å². The van der Waals surface area contributed by atoms with Crippen molar-refractivity contribution in [3.05, 3.63) is 39.8 Å². The number of ether oxygens (including phenoxy) is 1. The molecule has 1 aromatic carbocycles. The maximum Gasteiger partial charge on any atom is 0.348 e. The Morgan fingerprint density at radius 3 is 2.64 bits per heavy atom. The van der Waals surface area contributed by atoms with Crippen LogP contribution in [0.5, 0.6) is 5.75 Å². The molecule has 2 aromatic heterocycles. The fourth-order valence-electron chi connectivity index (χ4n) is 2.45. The van der Waals surface area contributed by atoms with Gasteiger partial charge in [0.1, 0.15) is 16.3 Å². The van der Waals surface area contributed by atoms with Crippen molar-refractivity contribution in [1.29, 1.82) is 0 Å². The Labute approximate surface area is 169 Å². The Bertz CT molecular complexity index is 1040. The molecular weight excluding hydrogens is 400 g/mol. The SMILES string of the molecule is Cc1ncsc1-c1nc(Nc2cc(C(N)=O)ccc2OC(C)C)sc1C(=O)O. The number of hydrogen-bond acceptors (Lipinski definition) is 8. The van der Waals surface area contributed by atoms with E-state index in [4.69, 9.17) is 10.5 Å². The fourth-order valence-corrected chi connectivity index (χ4v) is 4.14. The number of rotatable bonds is 7. The molecule has 0 fully saturated rings. The Morgan fingerprint density at radius 1 is 1.32 bits per heavy atom. The highest BCUT2D eigenvalue weighted by atomic mass is 32.1. The van der Waals surface area contributed by atoms with Crippen molar-refractivity contribution in [2.75, 3.05) is 5.32 Å². The minimum absolute atomic E-state index is 0.0961. The number of nitrogens with one attached hydrogen (secondary N) is 1. The third-order valence-electron chi connectivity index (χ3n) is 3.65. The van der Waals surface area contributed by atoms with Crippen LogP contribution in [0.1, 0.15) is 39.6 Å². The molecule has 28 heavy (non-hydrogen) atoms. The van der Waals surface area contributed by atoms with E-state index in [9.17, 15) is 14.7 Å². The molecule has 0 spiro atoms. The first-order chi connectivity index (χ1) is 13.3. The number of primary amides is 1. The average molecular weight is 419 g/mol. The van der Waals surface area contributed by atoms with Crippen LogP contribution in [-0.2, 0) is 0 Å². The van der Waals surface area contributed by atoms with Crippen molar-refractivity contribution in [3.63, 3.8) is 0 Å². The van der Waals surface area contributed by atoms with Crippen LogP contribution in [0.3, 0.4) is 0 Å². The first-order valence-electron chi connectivity index (χ1n) is 8.28. The summed E-state index contributed by atoms with van der Waals surface area (Å²) in [5, 5.41) is 13.0. The Morgan fingerprint density at radius 2 is 2.07 bits per heavy atom. The van der Waals surface area contributed by atoms with Crippen LogP contribution in [0.4, 0.5) is 10.8 Å². The lowest BCUT2D eigenvalue weighted by Crippen LogP contribution is -2.12. The molecule has 0 aliphatic rings. The van der Waals surface area contributed by atoms with Gasteiger partial charge in [0.15, 0.2) is 5.13 Å². The Hall–Kier alpha value is -2.98. The van der Waals surface area contributed by atoms with E-state index in [0.29, 0.717) is 38.4 Å². The number of carboxylic acid groups (broad SMARTS) is 1. The lowest BCUT2D eigenvalue weighted by atomic mass is 10.1. The number of amides is 1. The number of aryl methyl sites for hydroxylation is 1. The van der Waals surface area contributed by atoms with E-state index < -0.39 is 11.9 Å². The van der Waals surface area contributed by atoms with Crippen molar-refractivity contribution in [2.24, 2.45) is 5.73 Å². The van der Waals surface area contributed by atoms with Gasteiger partial charge in [-0.25, -0.2) is 14.8 Å². The molecule has 0 saturated carbocycles. The average Bonchev–Trinajstić information content (AvgIpc) is 3.21. The van der Waals surface area contributed by atoms with Crippen LogP contribution in [0.15, 0.2) is 23.7 Å². The van der Waals surface area contributed by atoms with Crippen molar-refractivity contribution < 1.29 is 19.4 Å². The van der Waals surface area contributed by atoms with E-state index in [1.807, 2.05) is 13.8 Å². The van der Waals surface area contributed by atoms with Gasteiger partial charge in [0.2, 0.25) is 5.91 Å². The van der Waals surface area contributed by atoms with E-state index in [1.165, 1.54) is 11.3 Å². The number of carbonyl (C=O) groups excluding carboxylic acids is 1. The molecule has 0 aliphatic carbocycles. The quantitative estimate of drug-likeness (QED) is 0.531. The van der Waals surface area contributed by atoms with Gasteiger partial charge in [0.05, 0.1) is 27.9 Å². The molecule has 0 unspecified atom stereocenters. The molecule has 1 amide bonds. The molecule has 0 saturated heterocycles. The first-order valence-corrected chi connectivity index (χ1v) is 9.98. The molecular formula is C18H18N4O4S2. The normalized spacial score (nSPS) is 10.9. The summed E-state index contributed by atoms with van der Waals surface area (Å²) in [6.07, 6.45) is -0.0961. The number of anilines is 2. The molecule has 8 nitrogen and oxygen atoms in total. The van der Waals surface area contributed by atoms with E-state index in [0.717, 1.165) is 11.3 Å². The van der Waals surface area contributed by atoms with Crippen molar-refractivity contribution >= 4 is 45.4 Å². The number of benzene rings is 1. The number of aromatic nitrogens is 2. The van der Waals surface area contributed by atoms with Gasteiger partial charge in [0, 0.05) is 5.56 Å². The number of carbonyl (C=O) groups is 2. The molecule has 3 rings (SSSR count). The highest BCUT2D eigenvalue weighted by Crippen LogP contribution is 2.38. The summed E-state index contributed by atoms with van der Waals surface area (Å²) >= 11 is 2.32. The third kappa shape index (κ3) is 4.12. The van der Waals surface area contributed by atoms with Crippen molar-refractivity contribution in [2.45, 2.75) is 26.9 Å². The highest BCUT2D eigenvalue weighted by Gasteiger charge is 2.22. The lowest BCUT2D eigenvalue weighted by Gasteiger charge is -2.15. The van der Waals surface area contributed by atoms with Gasteiger partial charge in [-0.3, -0.25) is 4.79 Å². The molecule has 0 atom stereocenters. The summed E-state index contributed by atoms with van der Waals surface area (Å²) in [6, 6.07) is 4.77. The van der Waals surface area contributed by atoms with Crippen LogP contribution < -0.4 is 15.8 Å². The second kappa shape index (κ2) is 7.95. The second-order valence-corrected chi connectivity index (χ2v) is 7.99. The van der Waals surface area contributed by atoms with Crippen LogP contribution in [0, 0.1) is 6.92 Å². The van der Waals surface area contributed by atoms with Crippen LogP contribution in [0.2, 0.25) is 0 Å². The van der Waals surface area contributed by atoms with Gasteiger partial charge in [-0.1, -0.05) is 11.3 Å². The van der Waals surface area contributed by atoms with Gasteiger partial charge in [0.25, 0.3) is 0 Å². The maximum atomic E-state index is 11.7. The van der Waals surface area contributed by atoms with Crippen LogP contribution in [0.25, 0.3) is 10.6 Å². The number of aromatic carboxylic acids is 1. The monoisotopic (exact) mass is 418 g/mol. The fraction of sp³-hybridized carbons (Fsp3) is 0.222. The molecule has 2 heterocycles. The predicted molar refractivity (Wildman–Crippen MR) is 109 cm³/mol. The molecule has 0 aliphatic heterocycles. The molecule has 0 bridgehead atoms. The number of thiazole rings is 2. The standard InChI is InChI=1S/C18H18N4O4S2/c1-8(2)26-12-5-4-10(16(19)23)6-11(12)21-18-22-13(15(28-18)17(24)25)14-9(3)20-7-27-14/h4-8H,1-3H3,(H2,19,23)(H,21,22)(H,24,25). The summed E-state index contributed by atoms with van der Waals surface area (Å²) in [5.74, 6) is -1.15. The summed E-state index contributed by atoms with van der Waals surface area (Å²) in [7, 11) is 0. The van der Waals surface area contributed by atoms with Crippen molar-refractivity contribution in [3.8, 4) is 16.3 Å². The number of carboxylic acids is 1. The Balaban J connectivity index is 2.04. The predicted octanol–water partition coefficient (Wildman–Crippen LogP) is 3.90. The minimum Gasteiger partial charge on any atom is -0.489 e. The minimum atomic E-state index is -1.07. The van der Waals surface area contributed by atoms with Crippen molar-refractivity contribution in [1.82, 2.24) is 9.97 Å². The molecule has 10 heteroatoms. The van der Waals surface area contributed by atoms with E-state index in [-0.39, 0.29) is 11.0 Å². The molecule has 0 radical (unpaired) electrons. The Kier molecular flexibility index (Phi) is 5.61. The maximum absolute atomic E-state index is 11.7. The second-order valence-electron chi connectivity index (χ2n) is 6.14. The summed E-state index contributed by atoms with van der Waals surface area (Å²) in [5.41, 5.74) is 8.86. The summed E-state index contributed by atoms with van der Waals surface area (Å²) < 4.78 is 5.77. The van der Waals surface area contributed by atoms with Crippen LogP contribution in [-0.4, -0.2) is 33.1 Å². The van der Waals surface area contributed by atoms with Gasteiger partial charge in [-0.2, -0.15) is 0 Å². The molecule has 146 valence electrons. The number of nitrogens with zero attached hydrogens (tertiary/aromatic N) is 2. The van der Waals surface area contributed by atoms with E-state index in [1.54, 1.807) is 30.6 Å². The van der Waals surface area contributed by atoms with E-state index in [2.05, 4.69) is 15.3 Å². The van der Waals surface area contributed by atoms with Crippen LogP contribution >= 0.6 is 22.7 Å². The zero-order valence-electron chi connectivity index (χ0n) is 15.3. The zero-order chi connectivity index (χ0) is 20.4. The number of nitrogens with two attached hydrogens (primary N) is 1. The number of hydrogen-bond donors (Lipinski definition) is 3. The topological polar surface area (TPSA) is 127 Å². The van der Waals surface area contributed by atoms with Gasteiger partial charge in [-0.05, 0) is 39.0 Å². The lowest BCUT2D eigenvalue weighted by molar-refractivity contribution is 0.0702. The van der Waals surface area contributed by atoms with E-state index >= 15 is 0 Å². The molecule has 4 N–H and O–H groups in total. The van der Waals surface area contributed by atoms with Gasteiger partial charge in [-0.15, -0.1) is 11.3 Å². The largest absolute Gasteiger partial charge is 0.489 e. The smallest absolute Gasteiger partial charge is 0.348 e. The third-order valence-corrected chi connectivity index (χ3v) is 5.54. The molecule has 3 aromatic rings. The summed E-state index contributed by atoms with van der Waals surface area (Å²) in [6.45, 7) is 5.56. The zero-order valence-corrected chi connectivity index (χ0v) is 17.0. The highest BCUT2D eigenvalue weighted by molar-refractivity contribution is 7.19. The summed E-state index contributed by atoms with van der Waals surface area (Å²) in [4.78, 5) is 32.6.